The van der Waals surface area contributed by atoms with Gasteiger partial charge in [-0.2, -0.15) is 18.2 Å². The van der Waals surface area contributed by atoms with E-state index in [4.69, 9.17) is 10.5 Å². The molecular weight excluding hydrogens is 493 g/mol. The SMILES string of the molecule is CC(c1cccnc1)C(C)N(C(=O)O)c1cc(-c2cnc(N)nc2C(F)(F)F)nc(N2CCOCC2)n1. The number of morpholine rings is 1. The number of ether oxygens (including phenoxy) is 1. The monoisotopic (exact) mass is 518 g/mol. The van der Waals surface area contributed by atoms with E-state index in [1.807, 2.05) is 13.0 Å². The van der Waals surface area contributed by atoms with Gasteiger partial charge in [-0.25, -0.2) is 19.7 Å². The normalized spacial score (nSPS) is 15.8. The average Bonchev–Trinajstić information content (AvgIpc) is 2.88. The second-order valence-electron chi connectivity index (χ2n) is 8.47. The van der Waals surface area contributed by atoms with Crippen LogP contribution in [0.4, 0.5) is 35.7 Å². The molecule has 4 heterocycles. The number of amides is 1. The van der Waals surface area contributed by atoms with E-state index in [-0.39, 0.29) is 23.4 Å². The fraction of sp³-hybridized carbons (Fsp3) is 0.391. The molecule has 0 bridgehead atoms. The molecule has 196 valence electrons. The molecule has 1 aliphatic heterocycles. The van der Waals surface area contributed by atoms with Crippen molar-refractivity contribution in [2.24, 2.45) is 0 Å². The van der Waals surface area contributed by atoms with Crippen LogP contribution in [0.25, 0.3) is 11.3 Å². The summed E-state index contributed by atoms with van der Waals surface area (Å²) >= 11 is 0. The summed E-state index contributed by atoms with van der Waals surface area (Å²) in [5, 5.41) is 10.2. The Labute approximate surface area is 210 Å². The lowest BCUT2D eigenvalue weighted by Gasteiger charge is -2.32. The fourth-order valence-electron chi connectivity index (χ4n) is 4.02. The predicted octanol–water partition coefficient (Wildman–Crippen LogP) is 3.44. The van der Waals surface area contributed by atoms with E-state index < -0.39 is 35.5 Å². The molecule has 37 heavy (non-hydrogen) atoms. The van der Waals surface area contributed by atoms with E-state index in [0.717, 1.165) is 16.7 Å². The maximum absolute atomic E-state index is 13.9. The van der Waals surface area contributed by atoms with Crippen molar-refractivity contribution in [2.45, 2.75) is 32.0 Å². The number of rotatable bonds is 6. The summed E-state index contributed by atoms with van der Waals surface area (Å²) in [6, 6.07) is 4.09. The molecule has 11 nitrogen and oxygen atoms in total. The third kappa shape index (κ3) is 5.69. The number of alkyl halides is 3. The first kappa shape index (κ1) is 26.0. The second kappa shape index (κ2) is 10.5. The third-order valence-electron chi connectivity index (χ3n) is 6.14. The lowest BCUT2D eigenvalue weighted by atomic mass is 9.95. The van der Waals surface area contributed by atoms with Crippen molar-refractivity contribution in [1.82, 2.24) is 24.9 Å². The molecule has 4 rings (SSSR count). The number of pyridine rings is 1. The van der Waals surface area contributed by atoms with Gasteiger partial charge in [0.05, 0.1) is 18.9 Å². The van der Waals surface area contributed by atoms with Crippen LogP contribution in [0.5, 0.6) is 0 Å². The highest BCUT2D eigenvalue weighted by molar-refractivity contribution is 5.87. The molecular formula is C23H25F3N8O3. The van der Waals surface area contributed by atoms with Crippen molar-refractivity contribution in [2.75, 3.05) is 41.8 Å². The highest BCUT2D eigenvalue weighted by Gasteiger charge is 2.38. The molecule has 3 N–H and O–H groups in total. The topological polar surface area (TPSA) is 143 Å². The Bertz CT molecular complexity index is 1260. The molecule has 0 aliphatic carbocycles. The van der Waals surface area contributed by atoms with E-state index in [0.29, 0.717) is 26.3 Å². The van der Waals surface area contributed by atoms with Crippen molar-refractivity contribution >= 4 is 23.8 Å². The maximum Gasteiger partial charge on any atom is 0.434 e. The van der Waals surface area contributed by atoms with Gasteiger partial charge in [-0.05, 0) is 18.6 Å². The highest BCUT2D eigenvalue weighted by atomic mass is 19.4. The molecule has 1 amide bonds. The number of halogens is 3. The molecule has 1 fully saturated rings. The molecule has 0 aromatic carbocycles. The minimum atomic E-state index is -4.86. The number of anilines is 3. The Kier molecular flexibility index (Phi) is 7.38. The van der Waals surface area contributed by atoms with Gasteiger partial charge in [0.2, 0.25) is 11.9 Å². The van der Waals surface area contributed by atoms with Gasteiger partial charge in [0, 0.05) is 55.3 Å². The van der Waals surface area contributed by atoms with Crippen molar-refractivity contribution in [1.29, 1.82) is 0 Å². The Morgan fingerprint density at radius 1 is 1.19 bits per heavy atom. The Morgan fingerprint density at radius 3 is 2.54 bits per heavy atom. The first-order valence-electron chi connectivity index (χ1n) is 11.4. The zero-order valence-corrected chi connectivity index (χ0v) is 20.1. The number of aromatic nitrogens is 5. The summed E-state index contributed by atoms with van der Waals surface area (Å²) in [7, 11) is 0. The first-order valence-corrected chi connectivity index (χ1v) is 11.4. The van der Waals surface area contributed by atoms with Gasteiger partial charge >= 0.3 is 12.3 Å². The van der Waals surface area contributed by atoms with E-state index in [1.165, 1.54) is 6.07 Å². The molecule has 3 aromatic rings. The van der Waals surface area contributed by atoms with Crippen LogP contribution in [0.2, 0.25) is 0 Å². The number of nitrogens with zero attached hydrogens (tertiary/aromatic N) is 7. The summed E-state index contributed by atoms with van der Waals surface area (Å²) in [6.07, 6.45) is -2.02. The number of carboxylic acid groups (broad SMARTS) is 1. The fourth-order valence-corrected chi connectivity index (χ4v) is 4.02. The molecule has 2 unspecified atom stereocenters. The van der Waals surface area contributed by atoms with Gasteiger partial charge in [0.1, 0.15) is 5.82 Å². The van der Waals surface area contributed by atoms with Gasteiger partial charge in [0.25, 0.3) is 0 Å². The van der Waals surface area contributed by atoms with Gasteiger partial charge in [-0.15, -0.1) is 0 Å². The second-order valence-corrected chi connectivity index (χ2v) is 8.47. The average molecular weight is 519 g/mol. The van der Waals surface area contributed by atoms with Crippen LogP contribution in [0, 0.1) is 0 Å². The lowest BCUT2D eigenvalue weighted by molar-refractivity contribution is -0.140. The zero-order valence-electron chi connectivity index (χ0n) is 20.1. The van der Waals surface area contributed by atoms with E-state index in [2.05, 4.69) is 24.9 Å². The summed E-state index contributed by atoms with van der Waals surface area (Å²) in [6.45, 7) is 5.00. The van der Waals surface area contributed by atoms with Crippen molar-refractivity contribution in [3.05, 3.63) is 48.0 Å². The Morgan fingerprint density at radius 2 is 1.92 bits per heavy atom. The number of carbonyl (C=O) groups is 1. The molecule has 0 spiro atoms. The summed E-state index contributed by atoms with van der Waals surface area (Å²) in [5.41, 5.74) is 4.30. The van der Waals surface area contributed by atoms with Crippen LogP contribution in [0.15, 0.2) is 36.8 Å². The van der Waals surface area contributed by atoms with Crippen LogP contribution in [0.3, 0.4) is 0 Å². The summed E-state index contributed by atoms with van der Waals surface area (Å²) in [4.78, 5) is 35.2. The number of hydrogen-bond acceptors (Lipinski definition) is 9. The standard InChI is InChI=1S/C23H25F3N8O3/c1-13(15-4-3-5-28-11-15)14(2)34(22(35)36)18-10-17(30-21(31-18)33-6-8-37-9-7-33)16-12-29-20(27)32-19(16)23(24,25)26/h3-5,10-14H,6-9H2,1-2H3,(H,35,36)(H2,27,29,32). The van der Waals surface area contributed by atoms with Crippen LogP contribution < -0.4 is 15.5 Å². The van der Waals surface area contributed by atoms with Gasteiger partial charge in [0.15, 0.2) is 5.69 Å². The van der Waals surface area contributed by atoms with Crippen LogP contribution >= 0.6 is 0 Å². The Balaban J connectivity index is 1.87. The number of nitrogen functional groups attached to an aromatic ring is 1. The van der Waals surface area contributed by atoms with Gasteiger partial charge < -0.3 is 20.5 Å². The molecule has 3 aromatic heterocycles. The van der Waals surface area contributed by atoms with E-state index in [9.17, 15) is 23.1 Å². The number of hydrogen-bond donors (Lipinski definition) is 2. The van der Waals surface area contributed by atoms with Gasteiger partial charge in [-0.1, -0.05) is 13.0 Å². The van der Waals surface area contributed by atoms with Crippen LogP contribution in [-0.2, 0) is 10.9 Å². The summed E-state index contributed by atoms with van der Waals surface area (Å²) < 4.78 is 46.9. The van der Waals surface area contributed by atoms with Gasteiger partial charge in [-0.3, -0.25) is 9.88 Å². The van der Waals surface area contributed by atoms with Crippen molar-refractivity contribution in [3.8, 4) is 11.3 Å². The van der Waals surface area contributed by atoms with Crippen molar-refractivity contribution < 1.29 is 27.8 Å². The maximum atomic E-state index is 13.9. The third-order valence-corrected chi connectivity index (χ3v) is 6.14. The molecule has 1 saturated heterocycles. The zero-order chi connectivity index (χ0) is 26.7. The predicted molar refractivity (Wildman–Crippen MR) is 128 cm³/mol. The van der Waals surface area contributed by atoms with E-state index >= 15 is 0 Å². The minimum absolute atomic E-state index is 0.0632. The van der Waals surface area contributed by atoms with Crippen molar-refractivity contribution in [3.63, 3.8) is 0 Å². The van der Waals surface area contributed by atoms with E-state index in [1.54, 1.807) is 30.3 Å². The molecule has 0 radical (unpaired) electrons. The molecule has 0 saturated carbocycles. The minimum Gasteiger partial charge on any atom is -0.465 e. The molecule has 14 heteroatoms. The smallest absolute Gasteiger partial charge is 0.434 e. The quantitative estimate of drug-likeness (QED) is 0.498. The largest absolute Gasteiger partial charge is 0.465 e. The molecule has 2 atom stereocenters. The Hall–Kier alpha value is -4.07. The number of nitrogens with two attached hydrogens (primary N) is 1. The van der Waals surface area contributed by atoms with Crippen LogP contribution in [0.1, 0.15) is 31.0 Å². The summed E-state index contributed by atoms with van der Waals surface area (Å²) in [5.74, 6) is -0.897. The highest BCUT2D eigenvalue weighted by Crippen LogP contribution is 2.37. The lowest BCUT2D eigenvalue weighted by Crippen LogP contribution is -2.42. The first-order chi connectivity index (χ1) is 17.6. The molecule has 1 aliphatic rings. The van der Waals surface area contributed by atoms with Crippen LogP contribution in [-0.4, -0.2) is 68.5 Å².